The van der Waals surface area contributed by atoms with Gasteiger partial charge in [-0.3, -0.25) is 4.98 Å². The van der Waals surface area contributed by atoms with Crippen LogP contribution in [-0.2, 0) is 6.42 Å². The van der Waals surface area contributed by atoms with Gasteiger partial charge < -0.3 is 5.11 Å². The molecule has 0 fully saturated rings. The topological polar surface area (TPSA) is 76.7 Å². The fourth-order valence-electron chi connectivity index (χ4n) is 1.36. The smallest absolute Gasteiger partial charge is 0.143 e. The third-order valence-corrected chi connectivity index (χ3v) is 2.13. The van der Waals surface area contributed by atoms with Crippen molar-refractivity contribution in [1.29, 1.82) is 0 Å². The van der Waals surface area contributed by atoms with Crippen molar-refractivity contribution in [3.63, 3.8) is 0 Å². The Hall–Kier alpha value is -1.82. The third kappa shape index (κ3) is 1.99. The Morgan fingerprint density at radius 2 is 2.33 bits per heavy atom. The van der Waals surface area contributed by atoms with Gasteiger partial charge in [0.05, 0.1) is 11.9 Å². The van der Waals surface area contributed by atoms with E-state index in [4.69, 9.17) is 5.11 Å². The molecular formula is C9H11N5O. The highest BCUT2D eigenvalue weighted by Crippen LogP contribution is 2.10. The van der Waals surface area contributed by atoms with Crippen molar-refractivity contribution in [1.82, 2.24) is 25.2 Å². The molecule has 0 atom stereocenters. The van der Waals surface area contributed by atoms with E-state index >= 15 is 0 Å². The van der Waals surface area contributed by atoms with Gasteiger partial charge in [0, 0.05) is 18.7 Å². The molecule has 0 unspecified atom stereocenters. The number of pyridine rings is 1. The summed E-state index contributed by atoms with van der Waals surface area (Å²) in [5.74, 6) is 0. The maximum Gasteiger partial charge on any atom is 0.143 e. The Bertz CT molecular complexity index is 440. The van der Waals surface area contributed by atoms with Gasteiger partial charge in [-0.2, -0.15) is 4.68 Å². The van der Waals surface area contributed by atoms with Crippen LogP contribution < -0.4 is 0 Å². The van der Waals surface area contributed by atoms with Crippen molar-refractivity contribution >= 4 is 0 Å². The number of rotatable bonds is 3. The number of aryl methyl sites for hydroxylation is 1. The predicted octanol–water partition coefficient (Wildman–Crippen LogP) is -0.0995. The molecule has 2 aromatic heterocycles. The van der Waals surface area contributed by atoms with Gasteiger partial charge in [0.15, 0.2) is 0 Å². The number of hydrogen-bond acceptors (Lipinski definition) is 5. The predicted molar refractivity (Wildman–Crippen MR) is 52.5 cm³/mol. The Balaban J connectivity index is 2.33. The molecule has 0 aliphatic heterocycles. The highest BCUT2D eigenvalue weighted by molar-refractivity contribution is 5.33. The van der Waals surface area contributed by atoms with E-state index in [2.05, 4.69) is 20.5 Å². The quantitative estimate of drug-likeness (QED) is 0.757. The molecule has 1 N–H and O–H groups in total. The Morgan fingerprint density at radius 1 is 1.47 bits per heavy atom. The van der Waals surface area contributed by atoms with Crippen molar-refractivity contribution < 1.29 is 5.11 Å². The van der Waals surface area contributed by atoms with Crippen LogP contribution in [0.4, 0.5) is 0 Å². The molecule has 0 saturated carbocycles. The molecule has 2 aromatic rings. The standard InChI is InChI=1S/C9H11N5O/c1-7-4-8(14-6-11-12-13-14)5-10-9(7)2-3-15/h4-6,15H,2-3H2,1H3. The van der Waals surface area contributed by atoms with E-state index in [1.165, 1.54) is 6.33 Å². The van der Waals surface area contributed by atoms with Crippen LogP contribution in [0, 0.1) is 6.92 Å². The summed E-state index contributed by atoms with van der Waals surface area (Å²) in [5, 5.41) is 19.7. The zero-order valence-electron chi connectivity index (χ0n) is 8.33. The molecule has 15 heavy (non-hydrogen) atoms. The van der Waals surface area contributed by atoms with Gasteiger partial charge in [-0.15, -0.1) is 5.10 Å². The van der Waals surface area contributed by atoms with E-state index < -0.39 is 0 Å². The minimum atomic E-state index is 0.109. The number of aromatic nitrogens is 5. The second-order valence-corrected chi connectivity index (χ2v) is 3.19. The minimum Gasteiger partial charge on any atom is -0.396 e. The summed E-state index contributed by atoms with van der Waals surface area (Å²) in [6.45, 7) is 2.06. The molecule has 0 aromatic carbocycles. The molecule has 0 spiro atoms. The van der Waals surface area contributed by atoms with E-state index in [0.717, 1.165) is 16.9 Å². The lowest BCUT2D eigenvalue weighted by molar-refractivity contribution is 0.298. The zero-order valence-corrected chi connectivity index (χ0v) is 8.33. The van der Waals surface area contributed by atoms with Crippen LogP contribution in [0.25, 0.3) is 5.69 Å². The van der Waals surface area contributed by atoms with Crippen LogP contribution in [0.1, 0.15) is 11.3 Å². The second kappa shape index (κ2) is 4.14. The van der Waals surface area contributed by atoms with Crippen molar-refractivity contribution in [3.05, 3.63) is 29.8 Å². The van der Waals surface area contributed by atoms with E-state index in [9.17, 15) is 0 Å². The number of aliphatic hydroxyl groups is 1. The monoisotopic (exact) mass is 205 g/mol. The van der Waals surface area contributed by atoms with Gasteiger partial charge in [0.25, 0.3) is 0 Å². The number of tetrazole rings is 1. The molecule has 2 heterocycles. The SMILES string of the molecule is Cc1cc(-n2cnnn2)cnc1CCO. The van der Waals surface area contributed by atoms with Gasteiger partial charge in [-0.25, -0.2) is 0 Å². The Morgan fingerprint density at radius 3 is 2.93 bits per heavy atom. The van der Waals surface area contributed by atoms with Crippen LogP contribution in [0.15, 0.2) is 18.6 Å². The van der Waals surface area contributed by atoms with Crippen molar-refractivity contribution in [2.24, 2.45) is 0 Å². The molecular weight excluding hydrogens is 194 g/mol. The van der Waals surface area contributed by atoms with Gasteiger partial charge >= 0.3 is 0 Å². The number of nitrogens with zero attached hydrogens (tertiary/aromatic N) is 5. The maximum atomic E-state index is 8.82. The summed E-state index contributed by atoms with van der Waals surface area (Å²) >= 11 is 0. The number of hydrogen-bond donors (Lipinski definition) is 1. The third-order valence-electron chi connectivity index (χ3n) is 2.13. The van der Waals surface area contributed by atoms with Crippen LogP contribution in [0.2, 0.25) is 0 Å². The van der Waals surface area contributed by atoms with E-state index in [0.29, 0.717) is 6.42 Å². The first kappa shape index (κ1) is 9.72. The Labute approximate surface area is 86.6 Å². The summed E-state index contributed by atoms with van der Waals surface area (Å²) in [6.07, 6.45) is 3.78. The molecule has 2 rings (SSSR count). The molecule has 0 bridgehead atoms. The minimum absolute atomic E-state index is 0.109. The van der Waals surface area contributed by atoms with Crippen LogP contribution in [0.3, 0.4) is 0 Å². The van der Waals surface area contributed by atoms with Gasteiger partial charge in [0.1, 0.15) is 6.33 Å². The van der Waals surface area contributed by atoms with Crippen LogP contribution in [-0.4, -0.2) is 36.9 Å². The molecule has 6 heteroatoms. The summed E-state index contributed by atoms with van der Waals surface area (Å²) in [7, 11) is 0. The van der Waals surface area contributed by atoms with E-state index in [1.54, 1.807) is 10.9 Å². The summed E-state index contributed by atoms with van der Waals surface area (Å²) in [5.41, 5.74) is 2.74. The van der Waals surface area contributed by atoms with E-state index in [1.807, 2.05) is 13.0 Å². The molecule has 78 valence electrons. The number of aliphatic hydroxyl groups excluding tert-OH is 1. The lowest BCUT2D eigenvalue weighted by atomic mass is 10.1. The first-order valence-corrected chi connectivity index (χ1v) is 4.61. The molecule has 0 aliphatic carbocycles. The summed E-state index contributed by atoms with van der Waals surface area (Å²) in [4.78, 5) is 4.25. The first-order valence-electron chi connectivity index (χ1n) is 4.61. The first-order chi connectivity index (χ1) is 7.31. The molecule has 6 nitrogen and oxygen atoms in total. The summed E-state index contributed by atoms with van der Waals surface area (Å²) < 4.78 is 1.54. The molecule has 0 radical (unpaired) electrons. The van der Waals surface area contributed by atoms with Gasteiger partial charge in [-0.1, -0.05) is 0 Å². The lowest BCUT2D eigenvalue weighted by Gasteiger charge is -2.05. The fourth-order valence-corrected chi connectivity index (χ4v) is 1.36. The van der Waals surface area contributed by atoms with Gasteiger partial charge in [0.2, 0.25) is 0 Å². The molecule has 0 amide bonds. The molecule has 0 saturated heterocycles. The summed E-state index contributed by atoms with van der Waals surface area (Å²) in [6, 6.07) is 1.94. The normalized spacial score (nSPS) is 10.5. The highest BCUT2D eigenvalue weighted by atomic mass is 16.3. The maximum absolute atomic E-state index is 8.82. The zero-order chi connectivity index (χ0) is 10.7. The van der Waals surface area contributed by atoms with E-state index in [-0.39, 0.29) is 6.61 Å². The van der Waals surface area contributed by atoms with Crippen LogP contribution in [0.5, 0.6) is 0 Å². The van der Waals surface area contributed by atoms with Crippen molar-refractivity contribution in [2.45, 2.75) is 13.3 Å². The Kier molecular flexibility index (Phi) is 2.68. The second-order valence-electron chi connectivity index (χ2n) is 3.19. The van der Waals surface area contributed by atoms with Crippen molar-refractivity contribution in [3.8, 4) is 5.69 Å². The lowest BCUT2D eigenvalue weighted by Crippen LogP contribution is -2.02. The average Bonchev–Trinajstić information content (AvgIpc) is 2.74. The van der Waals surface area contributed by atoms with Crippen molar-refractivity contribution in [2.75, 3.05) is 6.61 Å². The van der Waals surface area contributed by atoms with Crippen LogP contribution >= 0.6 is 0 Å². The molecule has 0 aliphatic rings. The largest absolute Gasteiger partial charge is 0.396 e. The fraction of sp³-hybridized carbons (Fsp3) is 0.333. The highest BCUT2D eigenvalue weighted by Gasteiger charge is 2.03. The average molecular weight is 205 g/mol. The van der Waals surface area contributed by atoms with Gasteiger partial charge in [-0.05, 0) is 29.0 Å².